The first-order valence-corrected chi connectivity index (χ1v) is 7.71. The van der Waals surface area contributed by atoms with Crippen molar-refractivity contribution in [2.45, 2.75) is 0 Å². The summed E-state index contributed by atoms with van der Waals surface area (Å²) in [6.45, 7) is 1.61. The largest absolute Gasteiger partial charge is 0.337 e. The van der Waals surface area contributed by atoms with Gasteiger partial charge in [0.2, 0.25) is 0 Å². The number of aromatic nitrogens is 1. The van der Waals surface area contributed by atoms with Gasteiger partial charge in [-0.15, -0.1) is 0 Å². The smallest absolute Gasteiger partial charge is 0.256 e. The van der Waals surface area contributed by atoms with E-state index in [-0.39, 0.29) is 5.91 Å². The Hall–Kier alpha value is -1.26. The number of thioether (sulfide) groups is 1. The maximum atomic E-state index is 12.6. The molecule has 0 bridgehead atoms. The van der Waals surface area contributed by atoms with Crippen LogP contribution in [0, 0.1) is 0 Å². The number of benzene rings is 1. The predicted molar refractivity (Wildman–Crippen MR) is 80.0 cm³/mol. The molecule has 0 unspecified atom stereocenters. The fourth-order valence-corrected chi connectivity index (χ4v) is 3.38. The number of carbonyl (C=O) groups is 1. The third kappa shape index (κ3) is 2.42. The molecule has 0 aliphatic carbocycles. The molecule has 0 N–H and O–H groups in total. The molecule has 19 heavy (non-hydrogen) atoms. The minimum atomic E-state index is 0.0562. The van der Waals surface area contributed by atoms with Crippen molar-refractivity contribution in [1.29, 1.82) is 0 Å². The Labute approximate surface area is 120 Å². The normalized spacial score (nSPS) is 15.7. The van der Waals surface area contributed by atoms with E-state index in [4.69, 9.17) is 11.6 Å². The Balaban J connectivity index is 2.05. The maximum absolute atomic E-state index is 12.6. The molecule has 0 saturated carbocycles. The second-order valence-electron chi connectivity index (χ2n) is 4.41. The SMILES string of the molecule is O=C(c1cnc(Cl)c2ccccc12)N1CCSCC1. The number of carbonyl (C=O) groups excluding carboxylic acids is 1. The quantitative estimate of drug-likeness (QED) is 0.757. The molecule has 0 spiro atoms. The van der Waals surface area contributed by atoms with Crippen molar-refractivity contribution in [1.82, 2.24) is 9.88 Å². The Bertz CT molecular complexity index is 626. The van der Waals surface area contributed by atoms with Gasteiger partial charge in [-0.1, -0.05) is 35.9 Å². The van der Waals surface area contributed by atoms with Crippen LogP contribution in [0.4, 0.5) is 0 Å². The van der Waals surface area contributed by atoms with Gasteiger partial charge in [-0.25, -0.2) is 4.98 Å². The Morgan fingerprint density at radius 1 is 1.21 bits per heavy atom. The summed E-state index contributed by atoms with van der Waals surface area (Å²) in [7, 11) is 0. The zero-order valence-electron chi connectivity index (χ0n) is 10.3. The average molecular weight is 293 g/mol. The summed E-state index contributed by atoms with van der Waals surface area (Å²) < 4.78 is 0. The first kappa shape index (κ1) is 12.8. The minimum Gasteiger partial charge on any atom is -0.337 e. The average Bonchev–Trinajstić information content (AvgIpc) is 2.48. The number of hydrogen-bond donors (Lipinski definition) is 0. The Morgan fingerprint density at radius 3 is 2.63 bits per heavy atom. The van der Waals surface area contributed by atoms with E-state index >= 15 is 0 Å². The van der Waals surface area contributed by atoms with E-state index in [0.29, 0.717) is 10.7 Å². The van der Waals surface area contributed by atoms with Gasteiger partial charge in [0.05, 0.1) is 5.56 Å². The van der Waals surface area contributed by atoms with E-state index < -0.39 is 0 Å². The lowest BCUT2D eigenvalue weighted by Crippen LogP contribution is -2.38. The standard InChI is InChI=1S/C14H13ClN2OS/c15-13-11-4-2-1-3-10(11)12(9-16-13)14(18)17-5-7-19-8-6-17/h1-4,9H,5-8H2. The molecule has 3 rings (SSSR count). The van der Waals surface area contributed by atoms with Crippen molar-refractivity contribution in [2.24, 2.45) is 0 Å². The second kappa shape index (κ2) is 5.39. The van der Waals surface area contributed by atoms with Gasteiger partial charge < -0.3 is 4.90 Å². The summed E-state index contributed by atoms with van der Waals surface area (Å²) in [6.07, 6.45) is 1.59. The number of halogens is 1. The van der Waals surface area contributed by atoms with Gasteiger partial charge in [-0.3, -0.25) is 4.79 Å². The molecule has 3 nitrogen and oxygen atoms in total. The lowest BCUT2D eigenvalue weighted by Gasteiger charge is -2.26. The zero-order chi connectivity index (χ0) is 13.2. The number of rotatable bonds is 1. The lowest BCUT2D eigenvalue weighted by atomic mass is 10.1. The van der Waals surface area contributed by atoms with Crippen LogP contribution in [0.5, 0.6) is 0 Å². The van der Waals surface area contributed by atoms with Crippen LogP contribution >= 0.6 is 23.4 Å². The van der Waals surface area contributed by atoms with Crippen molar-refractivity contribution in [2.75, 3.05) is 24.6 Å². The number of nitrogens with zero attached hydrogens (tertiary/aromatic N) is 2. The van der Waals surface area contributed by atoms with Crippen LogP contribution < -0.4 is 0 Å². The highest BCUT2D eigenvalue weighted by atomic mass is 35.5. The monoisotopic (exact) mass is 292 g/mol. The van der Waals surface area contributed by atoms with Crippen LogP contribution in [0.2, 0.25) is 5.15 Å². The maximum Gasteiger partial charge on any atom is 0.256 e. The second-order valence-corrected chi connectivity index (χ2v) is 6.00. The topological polar surface area (TPSA) is 33.2 Å². The van der Waals surface area contributed by atoms with Crippen molar-refractivity contribution in [3.05, 3.63) is 41.2 Å². The van der Waals surface area contributed by atoms with Gasteiger partial charge in [0.15, 0.2) is 0 Å². The van der Waals surface area contributed by atoms with Gasteiger partial charge in [-0.2, -0.15) is 11.8 Å². The van der Waals surface area contributed by atoms with Gasteiger partial charge in [-0.05, 0) is 5.39 Å². The molecule has 1 amide bonds. The highest BCUT2D eigenvalue weighted by Gasteiger charge is 2.21. The minimum absolute atomic E-state index is 0.0562. The fraction of sp³-hybridized carbons (Fsp3) is 0.286. The first-order valence-electron chi connectivity index (χ1n) is 6.17. The molecule has 2 heterocycles. The molecule has 5 heteroatoms. The van der Waals surface area contributed by atoms with Gasteiger partial charge in [0.1, 0.15) is 5.15 Å². The third-order valence-electron chi connectivity index (χ3n) is 3.28. The van der Waals surface area contributed by atoms with Crippen molar-refractivity contribution < 1.29 is 4.79 Å². The van der Waals surface area contributed by atoms with Crippen LogP contribution in [-0.4, -0.2) is 40.4 Å². The first-order chi connectivity index (χ1) is 9.27. The molecule has 1 aromatic heterocycles. The van der Waals surface area contributed by atoms with E-state index in [2.05, 4.69) is 4.98 Å². The molecule has 1 aliphatic rings. The van der Waals surface area contributed by atoms with Gasteiger partial charge >= 0.3 is 0 Å². The molecule has 2 aromatic rings. The summed E-state index contributed by atoms with van der Waals surface area (Å²) >= 11 is 7.97. The van der Waals surface area contributed by atoms with E-state index in [1.165, 1.54) is 0 Å². The highest BCUT2D eigenvalue weighted by molar-refractivity contribution is 7.99. The van der Waals surface area contributed by atoms with Crippen LogP contribution in [-0.2, 0) is 0 Å². The molecule has 1 saturated heterocycles. The van der Waals surface area contributed by atoms with Gasteiger partial charge in [0, 0.05) is 36.2 Å². The van der Waals surface area contributed by atoms with Crippen molar-refractivity contribution in [3.63, 3.8) is 0 Å². The number of amides is 1. The van der Waals surface area contributed by atoms with E-state index in [1.807, 2.05) is 40.9 Å². The number of hydrogen-bond acceptors (Lipinski definition) is 3. The summed E-state index contributed by atoms with van der Waals surface area (Å²) in [4.78, 5) is 18.6. The van der Waals surface area contributed by atoms with E-state index in [9.17, 15) is 4.79 Å². The van der Waals surface area contributed by atoms with Crippen LogP contribution in [0.25, 0.3) is 10.8 Å². The zero-order valence-corrected chi connectivity index (χ0v) is 11.9. The number of pyridine rings is 1. The Morgan fingerprint density at radius 2 is 1.89 bits per heavy atom. The molecule has 1 fully saturated rings. The summed E-state index contributed by atoms with van der Waals surface area (Å²) in [5, 5.41) is 2.16. The molecule has 1 aromatic carbocycles. The van der Waals surface area contributed by atoms with E-state index in [1.54, 1.807) is 6.20 Å². The van der Waals surface area contributed by atoms with Crippen LogP contribution in [0.15, 0.2) is 30.5 Å². The highest BCUT2D eigenvalue weighted by Crippen LogP contribution is 2.25. The van der Waals surface area contributed by atoms with Crippen molar-refractivity contribution in [3.8, 4) is 0 Å². The number of fused-ring (bicyclic) bond motifs is 1. The third-order valence-corrected chi connectivity index (χ3v) is 4.52. The summed E-state index contributed by atoms with van der Waals surface area (Å²) in [6, 6.07) is 7.64. The molecular formula is C14H13ClN2OS. The van der Waals surface area contributed by atoms with Crippen molar-refractivity contribution >= 4 is 40.0 Å². The molecule has 0 atom stereocenters. The molecule has 98 valence electrons. The molecular weight excluding hydrogens is 280 g/mol. The fourth-order valence-electron chi connectivity index (χ4n) is 2.27. The van der Waals surface area contributed by atoms with E-state index in [0.717, 1.165) is 35.4 Å². The summed E-state index contributed by atoms with van der Waals surface area (Å²) in [5.74, 6) is 2.07. The van der Waals surface area contributed by atoms with Crippen LogP contribution in [0.1, 0.15) is 10.4 Å². The molecule has 1 aliphatic heterocycles. The Kier molecular flexibility index (Phi) is 3.62. The molecule has 0 radical (unpaired) electrons. The predicted octanol–water partition coefficient (Wildman–Crippen LogP) is 3.08. The van der Waals surface area contributed by atoms with Gasteiger partial charge in [0.25, 0.3) is 5.91 Å². The summed E-state index contributed by atoms with van der Waals surface area (Å²) in [5.41, 5.74) is 0.645. The van der Waals surface area contributed by atoms with Crippen LogP contribution in [0.3, 0.4) is 0 Å². The lowest BCUT2D eigenvalue weighted by molar-refractivity contribution is 0.0774.